The van der Waals surface area contributed by atoms with Crippen LogP contribution in [0.15, 0.2) is 10.5 Å². The Morgan fingerprint density at radius 1 is 1.83 bits per heavy atom. The summed E-state index contributed by atoms with van der Waals surface area (Å²) >= 11 is 9.95. The van der Waals surface area contributed by atoms with Crippen molar-refractivity contribution in [3.63, 3.8) is 0 Å². The molecule has 0 spiro atoms. The van der Waals surface area contributed by atoms with Gasteiger partial charge in [0.05, 0.1) is 22.3 Å². The molecule has 0 aromatic carbocycles. The molecule has 0 fully saturated rings. The molecule has 0 N–H and O–H groups in total. The molecule has 0 aliphatic heterocycles. The number of rotatable bonds is 3. The van der Waals surface area contributed by atoms with E-state index in [1.807, 2.05) is 0 Å². The largest absolute Gasteiger partial charge is 0.486 e. The molecule has 1 heterocycles. The van der Waals surface area contributed by atoms with E-state index in [-0.39, 0.29) is 11.7 Å². The Kier molecular flexibility index (Phi) is 3.55. The maximum absolute atomic E-state index is 11.1. The molecular weight excluding hydrogens is 263 g/mol. The van der Waals surface area contributed by atoms with Crippen molar-refractivity contribution in [2.75, 3.05) is 13.0 Å². The summed E-state index contributed by atoms with van der Waals surface area (Å²) in [5.41, 5.74) is 0. The average Bonchev–Trinajstić information content (AvgIpc) is 2.45. The van der Waals surface area contributed by atoms with Crippen molar-refractivity contribution in [3.8, 4) is 5.06 Å². The Morgan fingerprint density at radius 2 is 2.50 bits per heavy atom. The van der Waals surface area contributed by atoms with Gasteiger partial charge in [-0.3, -0.25) is 4.79 Å². The highest BCUT2D eigenvalue weighted by Crippen LogP contribution is 2.34. The van der Waals surface area contributed by atoms with Crippen LogP contribution >= 0.6 is 38.9 Å². The number of ether oxygens (including phenoxy) is 1. The number of halogens is 2. The third kappa shape index (κ3) is 2.00. The summed E-state index contributed by atoms with van der Waals surface area (Å²) in [6.07, 6.45) is 0. The Balaban J connectivity index is 2.96. The number of hydrogen-bond donors (Lipinski definition) is 0. The van der Waals surface area contributed by atoms with Gasteiger partial charge in [0.15, 0.2) is 10.8 Å². The minimum Gasteiger partial charge on any atom is -0.486 e. The minimum absolute atomic E-state index is 0.0100. The predicted molar refractivity (Wildman–Crippen MR) is 53.6 cm³/mol. The quantitative estimate of drug-likeness (QED) is 0.623. The zero-order valence-corrected chi connectivity index (χ0v) is 9.42. The lowest BCUT2D eigenvalue weighted by molar-refractivity contribution is 0.102. The van der Waals surface area contributed by atoms with Gasteiger partial charge in [-0.05, 0) is 22.0 Å². The van der Waals surface area contributed by atoms with Crippen molar-refractivity contribution in [3.05, 3.63) is 15.4 Å². The summed E-state index contributed by atoms with van der Waals surface area (Å²) in [4.78, 5) is 11.7. The number of hydrogen-bond acceptors (Lipinski definition) is 3. The maximum Gasteiger partial charge on any atom is 0.188 e. The zero-order valence-electron chi connectivity index (χ0n) is 6.27. The fourth-order valence-electron chi connectivity index (χ4n) is 0.695. The first-order chi connectivity index (χ1) is 5.69. The van der Waals surface area contributed by atoms with Gasteiger partial charge in [0.2, 0.25) is 0 Å². The fourth-order valence-corrected chi connectivity index (χ4v) is 2.51. The van der Waals surface area contributed by atoms with Crippen molar-refractivity contribution in [2.45, 2.75) is 0 Å². The molecule has 0 saturated heterocycles. The van der Waals surface area contributed by atoms with E-state index < -0.39 is 0 Å². The summed E-state index contributed by atoms with van der Waals surface area (Å²) in [7, 11) is 1.56. The number of methoxy groups -OCH3 is 1. The van der Waals surface area contributed by atoms with Gasteiger partial charge in [0.25, 0.3) is 0 Å². The Hall–Kier alpha value is -0.0600. The summed E-state index contributed by atoms with van der Waals surface area (Å²) in [5, 5.41) is 0.698. The molecule has 0 aliphatic carbocycles. The second kappa shape index (κ2) is 4.25. The first kappa shape index (κ1) is 10.0. The molecule has 0 aliphatic rings. The van der Waals surface area contributed by atoms with Crippen LogP contribution in [0.1, 0.15) is 9.67 Å². The molecule has 12 heavy (non-hydrogen) atoms. The number of alkyl halides is 1. The van der Waals surface area contributed by atoms with Gasteiger partial charge in [-0.15, -0.1) is 11.6 Å². The van der Waals surface area contributed by atoms with E-state index in [2.05, 4.69) is 15.9 Å². The topological polar surface area (TPSA) is 26.3 Å². The van der Waals surface area contributed by atoms with Crippen molar-refractivity contribution >= 4 is 44.7 Å². The highest BCUT2D eigenvalue weighted by Gasteiger charge is 2.12. The van der Waals surface area contributed by atoms with E-state index in [1.165, 1.54) is 11.3 Å². The van der Waals surface area contributed by atoms with E-state index in [0.717, 1.165) is 4.47 Å². The van der Waals surface area contributed by atoms with E-state index in [0.29, 0.717) is 9.94 Å². The molecular formula is C7H6BrClO2S. The van der Waals surface area contributed by atoms with Crippen LogP contribution < -0.4 is 4.74 Å². The zero-order chi connectivity index (χ0) is 9.14. The van der Waals surface area contributed by atoms with Crippen molar-refractivity contribution in [2.24, 2.45) is 0 Å². The standard InChI is InChI=1S/C7H6BrClO2S/c1-11-7-4(8)2-6(12-7)5(10)3-9/h2H,3H2,1H3. The predicted octanol–water partition coefficient (Wildman–Crippen LogP) is 2.94. The lowest BCUT2D eigenvalue weighted by atomic mass is 10.3. The molecule has 0 unspecified atom stereocenters. The first-order valence-electron chi connectivity index (χ1n) is 3.11. The number of carbonyl (C=O) groups excluding carboxylic acids is 1. The van der Waals surface area contributed by atoms with E-state index in [9.17, 15) is 4.79 Å². The van der Waals surface area contributed by atoms with Crippen LogP contribution in [0.25, 0.3) is 0 Å². The van der Waals surface area contributed by atoms with Gasteiger partial charge in [-0.2, -0.15) is 0 Å². The van der Waals surface area contributed by atoms with Crippen LogP contribution in [0, 0.1) is 0 Å². The summed E-state index contributed by atoms with van der Waals surface area (Å²) < 4.78 is 5.79. The molecule has 0 amide bonds. The fraction of sp³-hybridized carbons (Fsp3) is 0.286. The molecule has 1 aromatic rings. The molecule has 0 radical (unpaired) electrons. The monoisotopic (exact) mass is 268 g/mol. The molecule has 0 atom stereocenters. The van der Waals surface area contributed by atoms with Gasteiger partial charge < -0.3 is 4.74 Å². The third-order valence-corrected chi connectivity index (χ3v) is 3.47. The number of ketones is 1. The van der Waals surface area contributed by atoms with Crippen LogP contribution in [0.2, 0.25) is 0 Å². The minimum atomic E-state index is -0.0781. The van der Waals surface area contributed by atoms with E-state index in [4.69, 9.17) is 16.3 Å². The third-order valence-electron chi connectivity index (χ3n) is 1.24. The smallest absolute Gasteiger partial charge is 0.188 e. The molecule has 1 rings (SSSR count). The van der Waals surface area contributed by atoms with Gasteiger partial charge in [0, 0.05) is 0 Å². The first-order valence-corrected chi connectivity index (χ1v) is 5.26. The maximum atomic E-state index is 11.1. The van der Waals surface area contributed by atoms with Crippen molar-refractivity contribution in [1.82, 2.24) is 0 Å². The van der Waals surface area contributed by atoms with Crippen LogP contribution in [0.3, 0.4) is 0 Å². The molecule has 1 aromatic heterocycles. The lowest BCUT2D eigenvalue weighted by Gasteiger charge is -1.91. The Morgan fingerprint density at radius 3 is 2.92 bits per heavy atom. The van der Waals surface area contributed by atoms with Gasteiger partial charge in [-0.1, -0.05) is 11.3 Å². The van der Waals surface area contributed by atoms with Crippen LogP contribution in [-0.4, -0.2) is 18.8 Å². The number of thiophene rings is 1. The van der Waals surface area contributed by atoms with Crippen LogP contribution in [0.4, 0.5) is 0 Å². The second-order valence-electron chi connectivity index (χ2n) is 2.01. The van der Waals surface area contributed by atoms with Crippen molar-refractivity contribution in [1.29, 1.82) is 0 Å². The van der Waals surface area contributed by atoms with Gasteiger partial charge in [0.1, 0.15) is 0 Å². The number of carbonyl (C=O) groups is 1. The normalized spacial score (nSPS) is 9.92. The molecule has 2 nitrogen and oxygen atoms in total. The Labute approximate surface area is 87.6 Å². The second-order valence-corrected chi connectivity index (χ2v) is 4.14. The molecule has 0 saturated carbocycles. The molecule has 0 bridgehead atoms. The summed E-state index contributed by atoms with van der Waals surface area (Å²) in [6.45, 7) is 0. The average molecular weight is 270 g/mol. The van der Waals surface area contributed by atoms with Crippen LogP contribution in [0.5, 0.6) is 5.06 Å². The summed E-state index contributed by atoms with van der Waals surface area (Å²) in [5.74, 6) is -0.0681. The summed E-state index contributed by atoms with van der Waals surface area (Å²) in [6, 6.07) is 1.72. The van der Waals surface area contributed by atoms with Gasteiger partial charge >= 0.3 is 0 Å². The highest BCUT2D eigenvalue weighted by molar-refractivity contribution is 9.10. The van der Waals surface area contributed by atoms with Gasteiger partial charge in [-0.25, -0.2) is 0 Å². The van der Waals surface area contributed by atoms with E-state index >= 15 is 0 Å². The lowest BCUT2D eigenvalue weighted by Crippen LogP contribution is -1.95. The Bertz CT molecular complexity index is 298. The molecule has 5 heteroatoms. The van der Waals surface area contributed by atoms with E-state index in [1.54, 1.807) is 13.2 Å². The highest BCUT2D eigenvalue weighted by atomic mass is 79.9. The van der Waals surface area contributed by atoms with Crippen molar-refractivity contribution < 1.29 is 9.53 Å². The SMILES string of the molecule is COc1sc(C(=O)CCl)cc1Br. The number of Topliss-reactive ketones (excluding diaryl/α,β-unsaturated/α-hetero) is 1. The molecule has 66 valence electrons. The van der Waals surface area contributed by atoms with Crippen LogP contribution in [-0.2, 0) is 0 Å².